The minimum atomic E-state index is -3.07. The SMILES string of the molecule is Cc1cc2c(c(O)c1NC(=O)CN(C)C)C(=O)C1C(=O)[C@]3(O)C(=O)C(C(N)=O)C(=O)[C@@H](N(C)C)[C@@H]3[C@@H](O)[C@@H]1[C@H]2C. The third kappa shape index (κ3) is 3.99. The van der Waals surface area contributed by atoms with E-state index in [-0.39, 0.29) is 17.8 Å². The second kappa shape index (κ2) is 9.84. The van der Waals surface area contributed by atoms with Crippen molar-refractivity contribution in [2.24, 2.45) is 29.4 Å². The van der Waals surface area contributed by atoms with E-state index in [0.29, 0.717) is 11.1 Å². The molecule has 0 bridgehead atoms. The maximum absolute atomic E-state index is 14.0. The van der Waals surface area contributed by atoms with Crippen molar-refractivity contribution in [3.8, 4) is 5.75 Å². The van der Waals surface area contributed by atoms with E-state index >= 15 is 0 Å². The molecule has 0 heterocycles. The highest BCUT2D eigenvalue weighted by atomic mass is 16.3. The number of aliphatic hydroxyl groups is 2. The van der Waals surface area contributed by atoms with Crippen LogP contribution in [-0.4, -0.2) is 113 Å². The zero-order valence-corrected chi connectivity index (χ0v) is 23.1. The molecule has 40 heavy (non-hydrogen) atoms. The van der Waals surface area contributed by atoms with Gasteiger partial charge in [0.05, 0.1) is 41.8 Å². The summed E-state index contributed by atoms with van der Waals surface area (Å²) in [6, 6.07) is 0.133. The molecule has 1 aromatic rings. The Hall–Kier alpha value is -3.52. The molecule has 6 N–H and O–H groups in total. The number of nitrogens with two attached hydrogens (primary N) is 1. The number of benzene rings is 1. The van der Waals surface area contributed by atoms with E-state index in [9.17, 15) is 44.1 Å². The minimum Gasteiger partial charge on any atom is -0.505 e. The Morgan fingerprint density at radius 1 is 1.10 bits per heavy atom. The smallest absolute Gasteiger partial charge is 0.238 e. The maximum atomic E-state index is 14.0. The van der Waals surface area contributed by atoms with Crippen LogP contribution in [0.25, 0.3) is 0 Å². The van der Waals surface area contributed by atoms with Crippen molar-refractivity contribution in [3.63, 3.8) is 0 Å². The van der Waals surface area contributed by atoms with E-state index in [0.717, 1.165) is 0 Å². The van der Waals surface area contributed by atoms with Gasteiger partial charge >= 0.3 is 0 Å². The number of carbonyl (C=O) groups excluding carboxylic acids is 6. The average Bonchev–Trinajstić information content (AvgIpc) is 2.83. The van der Waals surface area contributed by atoms with Gasteiger partial charge in [0.2, 0.25) is 11.8 Å². The number of hydrogen-bond acceptors (Lipinski definition) is 11. The number of carbonyl (C=O) groups is 6. The monoisotopic (exact) mass is 558 g/mol. The van der Waals surface area contributed by atoms with E-state index in [2.05, 4.69) is 5.32 Å². The molecule has 0 aliphatic heterocycles. The first kappa shape index (κ1) is 29.5. The van der Waals surface area contributed by atoms with Crippen molar-refractivity contribution in [1.29, 1.82) is 0 Å². The molecule has 1 aromatic carbocycles. The summed E-state index contributed by atoms with van der Waals surface area (Å²) in [6.07, 6.45) is -1.71. The van der Waals surface area contributed by atoms with Crippen LogP contribution in [-0.2, 0) is 24.0 Å². The molecule has 4 rings (SSSR count). The van der Waals surface area contributed by atoms with Crippen LogP contribution in [0.15, 0.2) is 6.07 Å². The molecule has 2 fully saturated rings. The predicted molar refractivity (Wildman–Crippen MR) is 139 cm³/mol. The summed E-state index contributed by atoms with van der Waals surface area (Å²) >= 11 is 0. The van der Waals surface area contributed by atoms with E-state index in [1.165, 1.54) is 19.0 Å². The van der Waals surface area contributed by atoms with Crippen LogP contribution < -0.4 is 11.1 Å². The van der Waals surface area contributed by atoms with E-state index in [1.54, 1.807) is 38.9 Å². The fourth-order valence-electron chi connectivity index (χ4n) is 6.81. The van der Waals surface area contributed by atoms with Crippen LogP contribution in [0, 0.1) is 30.6 Å². The van der Waals surface area contributed by atoms with Crippen molar-refractivity contribution < 1.29 is 44.1 Å². The highest BCUT2D eigenvalue weighted by Crippen LogP contribution is 2.55. The first-order valence-corrected chi connectivity index (χ1v) is 12.8. The summed E-state index contributed by atoms with van der Waals surface area (Å²) < 4.78 is 0. The zero-order chi connectivity index (χ0) is 30.2. The van der Waals surface area contributed by atoms with Crippen molar-refractivity contribution >= 4 is 40.6 Å². The topological polar surface area (TPSA) is 208 Å². The van der Waals surface area contributed by atoms with Crippen LogP contribution in [0.1, 0.15) is 34.3 Å². The number of anilines is 1. The fraction of sp³-hybridized carbons (Fsp3) is 0.556. The maximum Gasteiger partial charge on any atom is 0.238 e. The Morgan fingerprint density at radius 2 is 1.70 bits per heavy atom. The number of aryl methyl sites for hydroxylation is 1. The third-order valence-corrected chi connectivity index (χ3v) is 8.53. The van der Waals surface area contributed by atoms with Gasteiger partial charge in [-0.05, 0) is 52.2 Å². The van der Waals surface area contributed by atoms with Crippen LogP contribution >= 0.6 is 0 Å². The molecular weight excluding hydrogens is 524 g/mol. The zero-order valence-electron chi connectivity index (χ0n) is 23.1. The van der Waals surface area contributed by atoms with Gasteiger partial charge < -0.3 is 31.3 Å². The third-order valence-electron chi connectivity index (χ3n) is 8.53. The lowest BCUT2D eigenvalue weighted by atomic mass is 9.49. The van der Waals surface area contributed by atoms with E-state index < -0.39 is 88.0 Å². The normalized spacial score (nSPS) is 33.5. The number of rotatable bonds is 5. The number of hydrogen-bond donors (Lipinski definition) is 5. The molecular formula is C27H34N4O9. The lowest BCUT2D eigenvalue weighted by Gasteiger charge is -2.56. The molecule has 13 heteroatoms. The minimum absolute atomic E-state index is 0.0149. The highest BCUT2D eigenvalue weighted by molar-refractivity contribution is 6.32. The van der Waals surface area contributed by atoms with Crippen LogP contribution in [0.4, 0.5) is 5.69 Å². The molecule has 2 unspecified atom stereocenters. The summed E-state index contributed by atoms with van der Waals surface area (Å²) in [6.45, 7) is 3.22. The van der Waals surface area contributed by atoms with Gasteiger partial charge in [-0.3, -0.25) is 33.7 Å². The number of nitrogens with one attached hydrogen (secondary N) is 1. The quantitative estimate of drug-likeness (QED) is 0.201. The molecule has 0 aromatic heterocycles. The van der Waals surface area contributed by atoms with E-state index in [4.69, 9.17) is 5.73 Å². The number of Topliss-reactive ketones (excluding diaryl/α,β-unsaturated/α-hetero) is 4. The molecule has 8 atom stereocenters. The Balaban J connectivity index is 1.90. The van der Waals surface area contributed by atoms with Crippen molar-refractivity contribution in [2.45, 2.75) is 37.5 Å². The molecule has 3 aliphatic rings. The Bertz CT molecular complexity index is 1360. The Labute approximate surface area is 230 Å². The Morgan fingerprint density at radius 3 is 2.23 bits per heavy atom. The number of aliphatic hydroxyl groups excluding tert-OH is 1. The molecule has 0 radical (unpaired) electrons. The second-order valence-corrected chi connectivity index (χ2v) is 11.5. The standard InChI is InChI=1S/C27H34N4O9/c1-9-7-11-10(2)13-15(20(33)14(11)22(35)18(9)29-12(32)8-30(3)4)24(37)27(40)17(21(13)34)19(31(5)6)23(36)16(25(27)38)26(28)39/h7,10,13,15-17,19,21,34-35,40H,8H2,1-6H3,(H2,28,39)(H,29,32)/t10-,13+,15?,16?,17+,19-,21-,27-/m0/s1. The van der Waals surface area contributed by atoms with Crippen LogP contribution in [0.3, 0.4) is 0 Å². The van der Waals surface area contributed by atoms with Gasteiger partial charge in [0.15, 0.2) is 34.7 Å². The lowest BCUT2D eigenvalue weighted by Crippen LogP contribution is -2.77. The van der Waals surface area contributed by atoms with E-state index in [1.807, 2.05) is 0 Å². The molecule has 0 saturated heterocycles. The molecule has 0 spiro atoms. The largest absolute Gasteiger partial charge is 0.505 e. The Kier molecular flexibility index (Phi) is 7.25. The van der Waals surface area contributed by atoms with Gasteiger partial charge in [-0.1, -0.05) is 13.0 Å². The van der Waals surface area contributed by atoms with Crippen LogP contribution in [0.2, 0.25) is 0 Å². The number of amides is 2. The van der Waals surface area contributed by atoms with Gasteiger partial charge in [-0.2, -0.15) is 0 Å². The van der Waals surface area contributed by atoms with Gasteiger partial charge in [-0.15, -0.1) is 0 Å². The number of ketones is 4. The number of aromatic hydroxyl groups is 1. The first-order chi connectivity index (χ1) is 18.5. The number of phenols is 1. The molecule has 2 amide bonds. The summed E-state index contributed by atoms with van der Waals surface area (Å²) in [5.41, 5.74) is 2.65. The first-order valence-electron chi connectivity index (χ1n) is 12.8. The number of fused-ring (bicyclic) bond motifs is 3. The summed E-state index contributed by atoms with van der Waals surface area (Å²) in [5, 5.41) is 37.1. The van der Waals surface area contributed by atoms with Gasteiger partial charge in [0, 0.05) is 5.92 Å². The lowest BCUT2D eigenvalue weighted by molar-refractivity contribution is -0.196. The molecule has 3 aliphatic carbocycles. The molecule has 216 valence electrons. The van der Waals surface area contributed by atoms with Crippen LogP contribution in [0.5, 0.6) is 5.75 Å². The summed E-state index contributed by atoms with van der Waals surface area (Å²) in [4.78, 5) is 82.0. The van der Waals surface area contributed by atoms with Gasteiger partial charge in [0.1, 0.15) is 5.75 Å². The fourth-order valence-corrected chi connectivity index (χ4v) is 6.81. The summed E-state index contributed by atoms with van der Waals surface area (Å²) in [5.74, 6) is -14.6. The highest BCUT2D eigenvalue weighted by Gasteiger charge is 2.72. The second-order valence-electron chi connectivity index (χ2n) is 11.5. The molecule has 13 nitrogen and oxygen atoms in total. The van der Waals surface area contributed by atoms with Crippen molar-refractivity contribution in [3.05, 3.63) is 22.8 Å². The van der Waals surface area contributed by atoms with Crippen molar-refractivity contribution in [2.75, 3.05) is 40.1 Å². The molecule has 2 saturated carbocycles. The number of phenolic OH excluding ortho intramolecular Hbond substituents is 1. The van der Waals surface area contributed by atoms with Gasteiger partial charge in [0.25, 0.3) is 0 Å². The van der Waals surface area contributed by atoms with Crippen molar-refractivity contribution in [1.82, 2.24) is 9.80 Å². The summed E-state index contributed by atoms with van der Waals surface area (Å²) in [7, 11) is 6.20. The van der Waals surface area contributed by atoms with Gasteiger partial charge in [-0.25, -0.2) is 0 Å². The number of likely N-dealkylation sites (N-methyl/N-ethyl adjacent to an activating group) is 2. The number of primary amides is 1. The predicted octanol–water partition coefficient (Wildman–Crippen LogP) is -1.79. The number of nitrogens with zero attached hydrogens (tertiary/aromatic N) is 2. The average molecular weight is 559 g/mol.